The van der Waals surface area contributed by atoms with Gasteiger partial charge in [-0.1, -0.05) is 30.3 Å². The Bertz CT molecular complexity index is 971. The fraction of sp³-hybridized carbons (Fsp3) is 0.273. The Balaban J connectivity index is 2.22. The monoisotopic (exact) mass is 411 g/mol. The molecule has 0 bridgehead atoms. The minimum atomic E-state index is -1.07. The van der Waals surface area contributed by atoms with Crippen molar-refractivity contribution < 1.29 is 23.5 Å². The maximum absolute atomic E-state index is 13.5. The number of methoxy groups -OCH3 is 1. The molecule has 2 amide bonds. The first kappa shape index (κ1) is 22.6. The number of hydrogen-bond donors (Lipinski definition) is 2. The van der Waals surface area contributed by atoms with E-state index in [0.29, 0.717) is 16.7 Å². The predicted octanol–water partition coefficient (Wildman–Crippen LogP) is 1.65. The van der Waals surface area contributed by atoms with Crippen LogP contribution in [-0.2, 0) is 32.0 Å². The van der Waals surface area contributed by atoms with Crippen molar-refractivity contribution in [3.63, 3.8) is 0 Å². The number of benzene rings is 2. The van der Waals surface area contributed by atoms with E-state index < -0.39 is 35.7 Å². The molecule has 8 heteroatoms. The van der Waals surface area contributed by atoms with Gasteiger partial charge in [-0.2, -0.15) is 5.26 Å². The largest absolute Gasteiger partial charge is 0.467 e. The summed E-state index contributed by atoms with van der Waals surface area (Å²) in [6.45, 7) is 1.26. The Hall–Kier alpha value is -3.73. The van der Waals surface area contributed by atoms with Gasteiger partial charge in [-0.3, -0.25) is 9.59 Å². The number of carbonyl (C=O) groups excluding carboxylic acids is 3. The lowest BCUT2D eigenvalue weighted by molar-refractivity contribution is -0.145. The summed E-state index contributed by atoms with van der Waals surface area (Å²) in [7, 11) is 1.19. The molecule has 2 aromatic rings. The highest BCUT2D eigenvalue weighted by Gasteiger charge is 2.28. The number of ether oxygens (including phenoxy) is 1. The Morgan fingerprint density at radius 2 is 1.80 bits per heavy atom. The van der Waals surface area contributed by atoms with Crippen molar-refractivity contribution in [2.75, 3.05) is 7.11 Å². The summed E-state index contributed by atoms with van der Waals surface area (Å²) in [5.74, 6) is -2.23. The third-order valence-corrected chi connectivity index (χ3v) is 4.39. The van der Waals surface area contributed by atoms with Crippen LogP contribution in [0.5, 0.6) is 0 Å². The molecule has 0 spiro atoms. The molecule has 2 N–H and O–H groups in total. The van der Waals surface area contributed by atoms with Crippen molar-refractivity contribution in [2.45, 2.75) is 31.8 Å². The second-order valence-electron chi connectivity index (χ2n) is 6.64. The minimum absolute atomic E-state index is 0.0336. The zero-order valence-electron chi connectivity index (χ0n) is 16.6. The van der Waals surface area contributed by atoms with Crippen LogP contribution in [0.3, 0.4) is 0 Å². The number of amides is 2. The van der Waals surface area contributed by atoms with Gasteiger partial charge in [0, 0.05) is 19.8 Å². The molecule has 30 heavy (non-hydrogen) atoms. The Labute approximate surface area is 173 Å². The van der Waals surface area contributed by atoms with E-state index in [-0.39, 0.29) is 12.8 Å². The van der Waals surface area contributed by atoms with E-state index >= 15 is 0 Å². The van der Waals surface area contributed by atoms with Gasteiger partial charge in [0.2, 0.25) is 11.8 Å². The van der Waals surface area contributed by atoms with E-state index in [9.17, 15) is 24.0 Å². The average molecular weight is 411 g/mol. The molecule has 0 aliphatic heterocycles. The van der Waals surface area contributed by atoms with Crippen molar-refractivity contribution in [3.05, 3.63) is 71.0 Å². The number of halogens is 1. The number of rotatable bonds is 8. The lowest BCUT2D eigenvalue weighted by Gasteiger charge is -2.22. The molecule has 156 valence electrons. The van der Waals surface area contributed by atoms with Gasteiger partial charge in [0.05, 0.1) is 18.7 Å². The number of nitriles is 1. The van der Waals surface area contributed by atoms with E-state index in [2.05, 4.69) is 10.6 Å². The molecular weight excluding hydrogens is 389 g/mol. The SMILES string of the molecule is COC(=O)[C@@H](Cc1ccccc1C#N)NC(=O)[C@@H](Cc1cccc(F)c1)NC(C)=O. The van der Waals surface area contributed by atoms with Gasteiger partial charge < -0.3 is 15.4 Å². The molecule has 0 fully saturated rings. The van der Waals surface area contributed by atoms with Gasteiger partial charge in [-0.25, -0.2) is 9.18 Å². The summed E-state index contributed by atoms with van der Waals surface area (Å²) < 4.78 is 18.3. The topological polar surface area (TPSA) is 108 Å². The standard InChI is InChI=1S/C22H22FN3O4/c1-14(27)25-19(11-15-6-5-9-18(23)10-15)21(28)26-20(22(29)30-2)12-16-7-3-4-8-17(16)13-24/h3-10,19-20H,11-12H2,1-2H3,(H,25,27)(H,26,28)/t19-,20-/m1/s1. The maximum Gasteiger partial charge on any atom is 0.328 e. The molecule has 7 nitrogen and oxygen atoms in total. The molecule has 2 aromatic carbocycles. The van der Waals surface area contributed by atoms with E-state index in [1.807, 2.05) is 6.07 Å². The highest BCUT2D eigenvalue weighted by Crippen LogP contribution is 2.12. The summed E-state index contributed by atoms with van der Waals surface area (Å²) in [6.07, 6.45) is 0.0702. The van der Waals surface area contributed by atoms with E-state index in [0.717, 1.165) is 0 Å². The fourth-order valence-electron chi connectivity index (χ4n) is 2.99. The van der Waals surface area contributed by atoms with Crippen molar-refractivity contribution in [1.82, 2.24) is 10.6 Å². The maximum atomic E-state index is 13.5. The van der Waals surface area contributed by atoms with Crippen LogP contribution in [0.2, 0.25) is 0 Å². The van der Waals surface area contributed by atoms with Gasteiger partial charge in [-0.15, -0.1) is 0 Å². The third-order valence-electron chi connectivity index (χ3n) is 4.39. The summed E-state index contributed by atoms with van der Waals surface area (Å²) in [5.41, 5.74) is 1.45. The van der Waals surface area contributed by atoms with Crippen LogP contribution >= 0.6 is 0 Å². The number of nitrogens with zero attached hydrogens (tertiary/aromatic N) is 1. The third kappa shape index (κ3) is 6.41. The normalized spacial score (nSPS) is 12.2. The molecule has 0 saturated heterocycles. The lowest BCUT2D eigenvalue weighted by atomic mass is 10.00. The van der Waals surface area contributed by atoms with Gasteiger partial charge >= 0.3 is 5.97 Å². The molecule has 0 aliphatic rings. The van der Waals surface area contributed by atoms with Crippen molar-refractivity contribution in [1.29, 1.82) is 5.26 Å². The first-order chi connectivity index (χ1) is 14.3. The fourth-order valence-corrected chi connectivity index (χ4v) is 2.99. The zero-order chi connectivity index (χ0) is 22.1. The van der Waals surface area contributed by atoms with Crippen LogP contribution in [0.1, 0.15) is 23.6 Å². The number of nitrogens with one attached hydrogen (secondary N) is 2. The van der Waals surface area contributed by atoms with Crippen LogP contribution < -0.4 is 10.6 Å². The Morgan fingerprint density at radius 3 is 2.43 bits per heavy atom. The number of esters is 1. The van der Waals surface area contributed by atoms with Crippen LogP contribution in [0, 0.1) is 17.1 Å². The predicted molar refractivity (Wildman–Crippen MR) is 107 cm³/mol. The molecular formula is C22H22FN3O4. The molecule has 0 saturated carbocycles. The van der Waals surface area contributed by atoms with Gasteiger partial charge in [0.1, 0.15) is 17.9 Å². The molecule has 0 aliphatic carbocycles. The molecule has 2 atom stereocenters. The second kappa shape index (κ2) is 10.7. The van der Waals surface area contributed by atoms with E-state index in [1.165, 1.54) is 32.2 Å². The van der Waals surface area contributed by atoms with Crippen LogP contribution in [-0.4, -0.2) is 37.0 Å². The summed E-state index contributed by atoms with van der Waals surface area (Å²) in [6, 6.07) is 12.3. The molecule has 2 rings (SSSR count). The number of carbonyl (C=O) groups is 3. The van der Waals surface area contributed by atoms with Crippen molar-refractivity contribution in [3.8, 4) is 6.07 Å². The Kier molecular flexibility index (Phi) is 8.06. The number of hydrogen-bond acceptors (Lipinski definition) is 5. The quantitative estimate of drug-likeness (QED) is 0.642. The minimum Gasteiger partial charge on any atom is -0.467 e. The molecule has 0 heterocycles. The second-order valence-corrected chi connectivity index (χ2v) is 6.64. The van der Waals surface area contributed by atoms with Crippen LogP contribution in [0.4, 0.5) is 4.39 Å². The zero-order valence-corrected chi connectivity index (χ0v) is 16.6. The van der Waals surface area contributed by atoms with Crippen LogP contribution in [0.25, 0.3) is 0 Å². The summed E-state index contributed by atoms with van der Waals surface area (Å²) in [5, 5.41) is 14.3. The summed E-state index contributed by atoms with van der Waals surface area (Å²) >= 11 is 0. The molecule has 0 unspecified atom stereocenters. The van der Waals surface area contributed by atoms with Crippen molar-refractivity contribution in [2.24, 2.45) is 0 Å². The smallest absolute Gasteiger partial charge is 0.328 e. The lowest BCUT2D eigenvalue weighted by Crippen LogP contribution is -2.53. The summed E-state index contributed by atoms with van der Waals surface area (Å²) in [4.78, 5) is 36.7. The Morgan fingerprint density at radius 1 is 1.07 bits per heavy atom. The highest BCUT2D eigenvalue weighted by molar-refractivity contribution is 5.90. The molecule has 0 radical (unpaired) electrons. The average Bonchev–Trinajstić information content (AvgIpc) is 2.72. The van der Waals surface area contributed by atoms with Gasteiger partial charge in [0.25, 0.3) is 0 Å². The van der Waals surface area contributed by atoms with Gasteiger partial charge in [0.15, 0.2) is 0 Å². The van der Waals surface area contributed by atoms with Crippen molar-refractivity contribution >= 4 is 17.8 Å². The van der Waals surface area contributed by atoms with Gasteiger partial charge in [-0.05, 0) is 29.3 Å². The first-order valence-electron chi connectivity index (χ1n) is 9.21. The van der Waals surface area contributed by atoms with E-state index in [4.69, 9.17) is 4.74 Å². The highest BCUT2D eigenvalue weighted by atomic mass is 19.1. The van der Waals surface area contributed by atoms with E-state index in [1.54, 1.807) is 30.3 Å². The van der Waals surface area contributed by atoms with Crippen LogP contribution in [0.15, 0.2) is 48.5 Å². The molecule has 0 aromatic heterocycles. The first-order valence-corrected chi connectivity index (χ1v) is 9.21.